The van der Waals surface area contributed by atoms with Crippen LogP contribution in [0.5, 0.6) is 0 Å². The smallest absolute Gasteiger partial charge is 0.268 e. The summed E-state index contributed by atoms with van der Waals surface area (Å²) in [5.41, 5.74) is 7.89. The molecule has 0 bridgehead atoms. The summed E-state index contributed by atoms with van der Waals surface area (Å²) in [4.78, 5) is 12.1. The summed E-state index contributed by atoms with van der Waals surface area (Å²) in [5, 5.41) is 2.95. The predicted molar refractivity (Wildman–Crippen MR) is 72.1 cm³/mol. The number of nitrogens with one attached hydrogen (secondary N) is 1. The lowest BCUT2D eigenvalue weighted by Gasteiger charge is -2.14. The number of nitrogens with zero attached hydrogens (tertiary/aromatic N) is 1. The highest BCUT2D eigenvalue weighted by Gasteiger charge is 2.14. The van der Waals surface area contributed by atoms with E-state index in [1.165, 1.54) is 0 Å². The lowest BCUT2D eigenvalue weighted by Crippen LogP contribution is -2.28. The normalized spacial score (nSPS) is 12.1. The average molecular weight is 243 g/mol. The maximum Gasteiger partial charge on any atom is 0.268 e. The number of nitrogen functional groups attached to an aromatic ring is 1. The van der Waals surface area contributed by atoms with Crippen molar-refractivity contribution in [2.75, 3.05) is 5.73 Å². The number of hydrogen-bond acceptors (Lipinski definition) is 2. The van der Waals surface area contributed by atoms with Crippen LogP contribution in [-0.2, 0) is 7.05 Å². The molecule has 94 valence electrons. The molecule has 1 amide bonds. The highest BCUT2D eigenvalue weighted by molar-refractivity contribution is 5.94. The Hall–Kier alpha value is -2.23. The van der Waals surface area contributed by atoms with Gasteiger partial charge in [0.15, 0.2) is 0 Å². The molecule has 0 aliphatic rings. The third kappa shape index (κ3) is 2.53. The Morgan fingerprint density at radius 1 is 1.33 bits per heavy atom. The molecule has 0 spiro atoms. The van der Waals surface area contributed by atoms with E-state index in [1.54, 1.807) is 23.9 Å². The number of benzene rings is 1. The van der Waals surface area contributed by atoms with E-state index in [-0.39, 0.29) is 11.9 Å². The van der Waals surface area contributed by atoms with Crippen LogP contribution in [0.25, 0.3) is 0 Å². The van der Waals surface area contributed by atoms with Crippen LogP contribution < -0.4 is 11.1 Å². The number of carbonyl (C=O) groups is 1. The maximum absolute atomic E-state index is 12.1. The van der Waals surface area contributed by atoms with Gasteiger partial charge in [0.1, 0.15) is 5.69 Å². The molecule has 0 saturated carbocycles. The number of aryl methyl sites for hydroxylation is 1. The van der Waals surface area contributed by atoms with Gasteiger partial charge < -0.3 is 15.6 Å². The Balaban J connectivity index is 2.10. The lowest BCUT2D eigenvalue weighted by atomic mass is 10.1. The first-order valence-electron chi connectivity index (χ1n) is 5.85. The van der Waals surface area contributed by atoms with Crippen molar-refractivity contribution >= 4 is 11.6 Å². The molecule has 1 aromatic carbocycles. The molecule has 4 nitrogen and oxygen atoms in total. The summed E-state index contributed by atoms with van der Waals surface area (Å²) in [6.45, 7) is 1.96. The van der Waals surface area contributed by atoms with Gasteiger partial charge in [-0.25, -0.2) is 0 Å². The van der Waals surface area contributed by atoms with Gasteiger partial charge in [-0.2, -0.15) is 0 Å². The van der Waals surface area contributed by atoms with Crippen molar-refractivity contribution in [3.8, 4) is 0 Å². The zero-order valence-corrected chi connectivity index (χ0v) is 10.6. The third-order valence-electron chi connectivity index (χ3n) is 2.91. The van der Waals surface area contributed by atoms with Gasteiger partial charge in [0.2, 0.25) is 0 Å². The van der Waals surface area contributed by atoms with E-state index in [1.807, 2.05) is 37.3 Å². The van der Waals surface area contributed by atoms with Crippen LogP contribution in [0.3, 0.4) is 0 Å². The van der Waals surface area contributed by atoms with E-state index < -0.39 is 0 Å². The van der Waals surface area contributed by atoms with Crippen molar-refractivity contribution in [1.82, 2.24) is 9.88 Å². The molecule has 4 heteroatoms. The van der Waals surface area contributed by atoms with E-state index >= 15 is 0 Å². The Labute approximate surface area is 106 Å². The molecule has 0 fully saturated rings. The predicted octanol–water partition coefficient (Wildman–Crippen LogP) is 2.10. The van der Waals surface area contributed by atoms with Crippen molar-refractivity contribution in [2.45, 2.75) is 13.0 Å². The van der Waals surface area contributed by atoms with E-state index in [0.717, 1.165) is 5.56 Å². The van der Waals surface area contributed by atoms with Gasteiger partial charge in [0.05, 0.1) is 11.7 Å². The van der Waals surface area contributed by atoms with E-state index in [2.05, 4.69) is 5.32 Å². The molecule has 0 unspecified atom stereocenters. The van der Waals surface area contributed by atoms with Crippen LogP contribution in [0, 0.1) is 0 Å². The van der Waals surface area contributed by atoms with Crippen molar-refractivity contribution in [2.24, 2.45) is 7.05 Å². The minimum absolute atomic E-state index is 0.0326. The van der Waals surface area contributed by atoms with Crippen molar-refractivity contribution in [1.29, 1.82) is 0 Å². The molecule has 1 heterocycles. The molecule has 1 aromatic heterocycles. The fraction of sp³-hybridized carbons (Fsp3) is 0.214. The zero-order chi connectivity index (χ0) is 13.1. The number of nitrogens with two attached hydrogens (primary N) is 1. The van der Waals surface area contributed by atoms with E-state index in [4.69, 9.17) is 5.73 Å². The Morgan fingerprint density at radius 3 is 2.56 bits per heavy atom. The summed E-state index contributed by atoms with van der Waals surface area (Å²) in [6, 6.07) is 11.5. The molecule has 0 aliphatic carbocycles. The Kier molecular flexibility index (Phi) is 3.37. The first-order valence-corrected chi connectivity index (χ1v) is 5.85. The highest BCUT2D eigenvalue weighted by atomic mass is 16.2. The van der Waals surface area contributed by atoms with E-state index in [0.29, 0.717) is 11.4 Å². The van der Waals surface area contributed by atoms with Gasteiger partial charge in [0.25, 0.3) is 5.91 Å². The molecular formula is C14H17N3O. The first kappa shape index (κ1) is 12.2. The van der Waals surface area contributed by atoms with Crippen LogP contribution in [0.1, 0.15) is 29.0 Å². The highest BCUT2D eigenvalue weighted by Crippen LogP contribution is 2.14. The molecule has 0 saturated heterocycles. The molecule has 18 heavy (non-hydrogen) atoms. The summed E-state index contributed by atoms with van der Waals surface area (Å²) in [6.07, 6.45) is 1.72. The zero-order valence-electron chi connectivity index (χ0n) is 10.6. The molecular weight excluding hydrogens is 226 g/mol. The number of anilines is 1. The molecule has 0 radical (unpaired) electrons. The SMILES string of the molecule is C[C@@H](NC(=O)c1cc(N)cn1C)c1ccccc1. The Bertz CT molecular complexity index is 545. The summed E-state index contributed by atoms with van der Waals surface area (Å²) < 4.78 is 1.72. The molecule has 2 rings (SSSR count). The monoisotopic (exact) mass is 243 g/mol. The van der Waals surface area contributed by atoms with Crippen molar-refractivity contribution in [3.05, 3.63) is 53.9 Å². The minimum Gasteiger partial charge on any atom is -0.397 e. The van der Waals surface area contributed by atoms with Crippen LogP contribution in [0.4, 0.5) is 5.69 Å². The van der Waals surface area contributed by atoms with Gasteiger partial charge in [-0.05, 0) is 18.6 Å². The van der Waals surface area contributed by atoms with E-state index in [9.17, 15) is 4.79 Å². The second kappa shape index (κ2) is 4.96. The quantitative estimate of drug-likeness (QED) is 0.867. The number of hydrogen-bond donors (Lipinski definition) is 2. The van der Waals surface area contributed by atoms with Gasteiger partial charge in [-0.3, -0.25) is 4.79 Å². The van der Waals surface area contributed by atoms with Crippen LogP contribution in [-0.4, -0.2) is 10.5 Å². The topological polar surface area (TPSA) is 60.1 Å². The van der Waals surface area contributed by atoms with Crippen molar-refractivity contribution < 1.29 is 4.79 Å². The molecule has 3 N–H and O–H groups in total. The van der Waals surface area contributed by atoms with Gasteiger partial charge >= 0.3 is 0 Å². The standard InChI is InChI=1S/C14H17N3O/c1-10(11-6-4-3-5-7-11)16-14(18)13-8-12(15)9-17(13)2/h3-10H,15H2,1-2H3,(H,16,18)/t10-/m1/s1. The van der Waals surface area contributed by atoms with Crippen LogP contribution in [0.2, 0.25) is 0 Å². The molecule has 2 aromatic rings. The minimum atomic E-state index is -0.120. The summed E-state index contributed by atoms with van der Waals surface area (Å²) in [5.74, 6) is -0.120. The number of amides is 1. The van der Waals surface area contributed by atoms with Crippen LogP contribution in [0.15, 0.2) is 42.6 Å². The van der Waals surface area contributed by atoms with Crippen LogP contribution >= 0.6 is 0 Å². The maximum atomic E-state index is 12.1. The first-order chi connectivity index (χ1) is 8.58. The summed E-state index contributed by atoms with van der Waals surface area (Å²) >= 11 is 0. The average Bonchev–Trinajstić information content (AvgIpc) is 2.69. The molecule has 0 aliphatic heterocycles. The number of carbonyl (C=O) groups excluding carboxylic acids is 1. The second-order valence-corrected chi connectivity index (χ2v) is 4.38. The Morgan fingerprint density at radius 2 is 2.00 bits per heavy atom. The fourth-order valence-electron chi connectivity index (χ4n) is 1.91. The van der Waals surface area contributed by atoms with Gasteiger partial charge in [-0.15, -0.1) is 0 Å². The number of aromatic nitrogens is 1. The van der Waals surface area contributed by atoms with Crippen molar-refractivity contribution in [3.63, 3.8) is 0 Å². The largest absolute Gasteiger partial charge is 0.397 e. The lowest BCUT2D eigenvalue weighted by molar-refractivity contribution is 0.0931. The third-order valence-corrected chi connectivity index (χ3v) is 2.91. The number of rotatable bonds is 3. The van der Waals surface area contributed by atoms with Gasteiger partial charge in [0, 0.05) is 13.2 Å². The fourth-order valence-corrected chi connectivity index (χ4v) is 1.91. The molecule has 1 atom stereocenters. The van der Waals surface area contributed by atoms with Gasteiger partial charge in [-0.1, -0.05) is 30.3 Å². The second-order valence-electron chi connectivity index (χ2n) is 4.38. The summed E-state index contributed by atoms with van der Waals surface area (Å²) in [7, 11) is 1.80.